The monoisotopic (exact) mass is 177 g/mol. The Hall–Kier alpha value is -0.763. The smallest absolute Gasteiger partial charge is 0.341 e. The van der Waals surface area contributed by atoms with Crippen molar-refractivity contribution in [1.29, 1.82) is 0 Å². The predicted octanol–water partition coefficient (Wildman–Crippen LogP) is 2.45. The maximum atomic E-state index is 5.08. The molecule has 12 heavy (non-hydrogen) atoms. The minimum atomic E-state index is 0.128. The lowest BCUT2D eigenvalue weighted by molar-refractivity contribution is 0.536. The molecule has 0 N–H and O–H groups in total. The molecule has 0 aliphatic rings. The van der Waals surface area contributed by atoms with E-state index in [4.69, 9.17) is 4.43 Å². The van der Waals surface area contributed by atoms with Crippen LogP contribution in [0.2, 0.25) is 0 Å². The third-order valence-corrected chi connectivity index (χ3v) is 2.02. The van der Waals surface area contributed by atoms with Crippen LogP contribution >= 0.6 is 0 Å². The van der Waals surface area contributed by atoms with Crippen molar-refractivity contribution in [2.45, 2.75) is 26.2 Å². The zero-order valence-electron chi connectivity index (χ0n) is 7.72. The summed E-state index contributed by atoms with van der Waals surface area (Å²) >= 11 is 0. The number of para-hydroxylation sites is 1. The summed E-state index contributed by atoms with van der Waals surface area (Å²) in [6.45, 7) is 6.49. The van der Waals surface area contributed by atoms with Gasteiger partial charge in [-0.1, -0.05) is 39.0 Å². The number of benzene rings is 1. The highest BCUT2D eigenvalue weighted by molar-refractivity contribution is 6.00. The second kappa shape index (κ2) is 3.31. The van der Waals surface area contributed by atoms with Gasteiger partial charge in [0.15, 0.2) is 0 Å². The minimum Gasteiger partial charge on any atom is -0.540 e. The van der Waals surface area contributed by atoms with Gasteiger partial charge in [0.25, 0.3) is 0 Å². The topological polar surface area (TPSA) is 9.23 Å². The molecule has 0 aliphatic heterocycles. The van der Waals surface area contributed by atoms with E-state index in [-0.39, 0.29) is 5.41 Å². The van der Waals surface area contributed by atoms with Crippen LogP contribution in [0.4, 0.5) is 0 Å². The van der Waals surface area contributed by atoms with Crippen LogP contribution in [0.15, 0.2) is 24.3 Å². The van der Waals surface area contributed by atoms with Gasteiger partial charge in [0.1, 0.15) is 5.75 Å². The molecule has 0 heterocycles. The van der Waals surface area contributed by atoms with E-state index in [1.54, 1.807) is 0 Å². The van der Waals surface area contributed by atoms with Gasteiger partial charge < -0.3 is 4.43 Å². The maximum absolute atomic E-state index is 5.08. The van der Waals surface area contributed by atoms with E-state index in [1.807, 2.05) is 18.2 Å². The highest BCUT2D eigenvalue weighted by atomic mass is 28.2. The summed E-state index contributed by atoms with van der Waals surface area (Å²) < 4.78 is 5.08. The molecule has 0 saturated carbocycles. The Kier molecular flexibility index (Phi) is 2.57. The predicted molar refractivity (Wildman–Crippen MR) is 51.5 cm³/mol. The van der Waals surface area contributed by atoms with Crippen molar-refractivity contribution in [1.82, 2.24) is 0 Å². The summed E-state index contributed by atoms with van der Waals surface area (Å²) in [5, 5.41) is 0. The second-order valence-electron chi connectivity index (χ2n) is 3.85. The quantitative estimate of drug-likeness (QED) is 0.599. The lowest BCUT2D eigenvalue weighted by Gasteiger charge is -2.21. The molecule has 0 saturated heterocycles. The molecule has 0 unspecified atom stereocenters. The average Bonchev–Trinajstić information content (AvgIpc) is 2.03. The van der Waals surface area contributed by atoms with Crippen LogP contribution in [0.25, 0.3) is 0 Å². The standard InChI is InChI=1S/C10H13OSi/c1-10(2,3)8-6-4-5-7-9(8)11-12/h4-7H,1-3H3. The van der Waals surface area contributed by atoms with Crippen LogP contribution in [0.3, 0.4) is 0 Å². The summed E-state index contributed by atoms with van der Waals surface area (Å²) in [4.78, 5) is 0. The first-order valence-corrected chi connectivity index (χ1v) is 4.39. The highest BCUT2D eigenvalue weighted by Crippen LogP contribution is 2.30. The first-order valence-electron chi connectivity index (χ1n) is 3.99. The highest BCUT2D eigenvalue weighted by Gasteiger charge is 2.17. The minimum absolute atomic E-state index is 0.128. The summed E-state index contributed by atoms with van der Waals surface area (Å²) in [5.74, 6) is 0.890. The molecule has 0 aromatic heterocycles. The fourth-order valence-corrected chi connectivity index (χ4v) is 1.35. The van der Waals surface area contributed by atoms with Crippen LogP contribution in [0, 0.1) is 0 Å². The van der Waals surface area contributed by atoms with Crippen LogP contribution in [0.5, 0.6) is 5.75 Å². The SMILES string of the molecule is CC(C)(C)c1ccccc1O[Si]. The van der Waals surface area contributed by atoms with E-state index in [9.17, 15) is 0 Å². The molecule has 3 radical (unpaired) electrons. The van der Waals surface area contributed by atoms with Crippen molar-refractivity contribution in [3.8, 4) is 5.75 Å². The van der Waals surface area contributed by atoms with Gasteiger partial charge in [-0.3, -0.25) is 0 Å². The van der Waals surface area contributed by atoms with Gasteiger partial charge in [-0.15, -0.1) is 0 Å². The lowest BCUT2D eigenvalue weighted by Crippen LogP contribution is -2.12. The fraction of sp³-hybridized carbons (Fsp3) is 0.400. The van der Waals surface area contributed by atoms with Crippen molar-refractivity contribution < 1.29 is 4.43 Å². The Labute approximate surface area is 77.3 Å². The third-order valence-electron chi connectivity index (χ3n) is 1.81. The van der Waals surface area contributed by atoms with Gasteiger partial charge in [0.2, 0.25) is 0 Å². The molecule has 0 aliphatic carbocycles. The molecule has 1 nitrogen and oxygen atoms in total. The number of rotatable bonds is 1. The average molecular weight is 177 g/mol. The van der Waals surface area contributed by atoms with Crippen molar-refractivity contribution in [3.05, 3.63) is 29.8 Å². The largest absolute Gasteiger partial charge is 0.540 e. The summed E-state index contributed by atoms with van der Waals surface area (Å²) in [5.41, 5.74) is 1.34. The molecular formula is C10H13OSi. The molecular weight excluding hydrogens is 164 g/mol. The molecule has 1 aromatic carbocycles. The molecule has 1 rings (SSSR count). The summed E-state index contributed by atoms with van der Waals surface area (Å²) in [6.07, 6.45) is 0. The Balaban J connectivity index is 3.14. The molecule has 63 valence electrons. The van der Waals surface area contributed by atoms with E-state index in [0.29, 0.717) is 0 Å². The van der Waals surface area contributed by atoms with Gasteiger partial charge in [-0.25, -0.2) is 0 Å². The second-order valence-corrected chi connectivity index (χ2v) is 4.05. The van der Waals surface area contributed by atoms with Crippen LogP contribution in [-0.4, -0.2) is 10.5 Å². The Morgan fingerprint density at radius 3 is 2.17 bits per heavy atom. The molecule has 0 fully saturated rings. The Morgan fingerprint density at radius 1 is 1.17 bits per heavy atom. The molecule has 0 amide bonds. The maximum Gasteiger partial charge on any atom is 0.341 e. The zero-order chi connectivity index (χ0) is 9.19. The van der Waals surface area contributed by atoms with Gasteiger partial charge in [0, 0.05) is 0 Å². The fourth-order valence-electron chi connectivity index (χ4n) is 1.18. The van der Waals surface area contributed by atoms with Gasteiger partial charge in [-0.2, -0.15) is 0 Å². The van der Waals surface area contributed by atoms with Crippen molar-refractivity contribution in [2.75, 3.05) is 0 Å². The van der Waals surface area contributed by atoms with E-state index in [1.165, 1.54) is 5.56 Å². The van der Waals surface area contributed by atoms with Gasteiger partial charge in [0.05, 0.1) is 0 Å². The van der Waals surface area contributed by atoms with Crippen molar-refractivity contribution in [3.63, 3.8) is 0 Å². The van der Waals surface area contributed by atoms with Crippen molar-refractivity contribution >= 4 is 10.5 Å². The van der Waals surface area contributed by atoms with Gasteiger partial charge >= 0.3 is 10.5 Å². The number of hydrogen-bond donors (Lipinski definition) is 0. The first kappa shape index (κ1) is 9.33. The van der Waals surface area contributed by atoms with E-state index < -0.39 is 0 Å². The van der Waals surface area contributed by atoms with Crippen LogP contribution in [0.1, 0.15) is 26.3 Å². The summed E-state index contributed by atoms with van der Waals surface area (Å²) in [7, 11) is 3.05. The normalized spacial score (nSPS) is 11.3. The van der Waals surface area contributed by atoms with E-state index in [0.717, 1.165) is 5.75 Å². The molecule has 0 bridgehead atoms. The van der Waals surface area contributed by atoms with Gasteiger partial charge in [-0.05, 0) is 17.0 Å². The molecule has 0 atom stereocenters. The molecule has 1 aromatic rings. The summed E-state index contributed by atoms with van der Waals surface area (Å²) in [6, 6.07) is 8.02. The Bertz CT molecular complexity index is 263. The zero-order valence-corrected chi connectivity index (χ0v) is 8.72. The van der Waals surface area contributed by atoms with Crippen LogP contribution in [-0.2, 0) is 5.41 Å². The molecule has 2 heteroatoms. The first-order chi connectivity index (χ1) is 5.55. The van der Waals surface area contributed by atoms with E-state index >= 15 is 0 Å². The lowest BCUT2D eigenvalue weighted by atomic mass is 9.86. The van der Waals surface area contributed by atoms with Crippen molar-refractivity contribution in [2.24, 2.45) is 0 Å². The Morgan fingerprint density at radius 2 is 1.75 bits per heavy atom. The third kappa shape index (κ3) is 1.88. The van der Waals surface area contributed by atoms with Crippen LogP contribution < -0.4 is 4.43 Å². The van der Waals surface area contributed by atoms with E-state index in [2.05, 4.69) is 37.3 Å². The molecule has 0 spiro atoms. The number of hydrogen-bond acceptors (Lipinski definition) is 1.